The topological polar surface area (TPSA) is 38.1 Å². The van der Waals surface area contributed by atoms with Crippen LogP contribution < -0.4 is 5.32 Å². The average molecular weight is 220 g/mol. The summed E-state index contributed by atoms with van der Waals surface area (Å²) < 4.78 is 18.4. The predicted octanol–water partition coefficient (Wildman–Crippen LogP) is 2.51. The first-order valence-corrected chi connectivity index (χ1v) is 5.06. The molecule has 0 amide bonds. The molecule has 0 fully saturated rings. The maximum Gasteiger partial charge on any atom is 0.226 e. The first-order chi connectivity index (χ1) is 7.70. The lowest BCUT2D eigenvalue weighted by atomic mass is 10.1. The van der Waals surface area contributed by atoms with E-state index in [0.29, 0.717) is 18.0 Å². The molecule has 0 atom stereocenters. The monoisotopic (exact) mass is 220 g/mol. The molecule has 1 aromatic carbocycles. The highest BCUT2D eigenvalue weighted by Crippen LogP contribution is 2.23. The van der Waals surface area contributed by atoms with E-state index in [0.717, 1.165) is 11.3 Å². The number of aromatic nitrogens is 1. The Kier molecular flexibility index (Phi) is 3.01. The van der Waals surface area contributed by atoms with Crippen molar-refractivity contribution in [2.24, 2.45) is 0 Å². The van der Waals surface area contributed by atoms with Crippen molar-refractivity contribution in [1.82, 2.24) is 10.3 Å². The van der Waals surface area contributed by atoms with E-state index in [2.05, 4.69) is 10.3 Å². The molecule has 0 unspecified atom stereocenters. The highest BCUT2D eigenvalue weighted by atomic mass is 19.1. The zero-order valence-corrected chi connectivity index (χ0v) is 9.25. The minimum absolute atomic E-state index is 0.283. The van der Waals surface area contributed by atoms with Gasteiger partial charge in [-0.1, -0.05) is 6.07 Å². The minimum Gasteiger partial charge on any atom is -0.444 e. The van der Waals surface area contributed by atoms with Crippen molar-refractivity contribution in [2.75, 3.05) is 7.05 Å². The molecule has 0 aliphatic carbocycles. The summed E-state index contributed by atoms with van der Waals surface area (Å²) in [5.74, 6) is 0.177. The number of nitrogens with zero attached hydrogens (tertiary/aromatic N) is 1. The Labute approximate surface area is 93.3 Å². The molecule has 0 saturated heterocycles. The third-order valence-electron chi connectivity index (χ3n) is 2.34. The van der Waals surface area contributed by atoms with Crippen LogP contribution in [0.1, 0.15) is 11.3 Å². The van der Waals surface area contributed by atoms with Crippen LogP contribution in [0.2, 0.25) is 0 Å². The number of hydrogen-bond donors (Lipinski definition) is 1. The number of nitrogens with one attached hydrogen (secondary N) is 1. The molecule has 2 rings (SSSR count). The van der Waals surface area contributed by atoms with Crippen molar-refractivity contribution in [3.63, 3.8) is 0 Å². The van der Waals surface area contributed by atoms with Crippen molar-refractivity contribution in [2.45, 2.75) is 13.5 Å². The number of aryl methyl sites for hydroxylation is 1. The average Bonchev–Trinajstić information content (AvgIpc) is 2.71. The van der Waals surface area contributed by atoms with E-state index in [9.17, 15) is 4.39 Å². The van der Waals surface area contributed by atoms with E-state index in [1.807, 2.05) is 14.0 Å². The SMILES string of the molecule is CNCc1coc(-c2cc(F)ccc2C)n1. The Hall–Kier alpha value is -1.68. The Morgan fingerprint density at radius 1 is 1.44 bits per heavy atom. The fourth-order valence-corrected chi connectivity index (χ4v) is 1.52. The zero-order chi connectivity index (χ0) is 11.5. The Balaban J connectivity index is 2.38. The van der Waals surface area contributed by atoms with Gasteiger partial charge in [-0.05, 0) is 31.7 Å². The zero-order valence-electron chi connectivity index (χ0n) is 9.25. The number of halogens is 1. The van der Waals surface area contributed by atoms with Crippen molar-refractivity contribution in [1.29, 1.82) is 0 Å². The molecule has 0 saturated carbocycles. The summed E-state index contributed by atoms with van der Waals surface area (Å²) in [6, 6.07) is 4.58. The van der Waals surface area contributed by atoms with Crippen LogP contribution in [-0.2, 0) is 6.54 Å². The quantitative estimate of drug-likeness (QED) is 0.863. The van der Waals surface area contributed by atoms with Crippen LogP contribution in [0.4, 0.5) is 4.39 Å². The fraction of sp³-hybridized carbons (Fsp3) is 0.250. The first kappa shape index (κ1) is 10.8. The van der Waals surface area contributed by atoms with Gasteiger partial charge in [0.25, 0.3) is 0 Å². The van der Waals surface area contributed by atoms with Gasteiger partial charge in [-0.15, -0.1) is 0 Å². The molecule has 2 aromatic rings. The molecular formula is C12H13FN2O. The van der Waals surface area contributed by atoms with Crippen molar-refractivity contribution in [3.8, 4) is 11.5 Å². The van der Waals surface area contributed by atoms with Gasteiger partial charge in [0, 0.05) is 12.1 Å². The van der Waals surface area contributed by atoms with Crippen LogP contribution >= 0.6 is 0 Å². The van der Waals surface area contributed by atoms with Crippen LogP contribution in [0.15, 0.2) is 28.9 Å². The van der Waals surface area contributed by atoms with Crippen LogP contribution in [0.3, 0.4) is 0 Å². The molecule has 0 radical (unpaired) electrons. The van der Waals surface area contributed by atoms with E-state index >= 15 is 0 Å². The molecule has 1 aromatic heterocycles. The fourth-order valence-electron chi connectivity index (χ4n) is 1.52. The number of rotatable bonds is 3. The third-order valence-corrected chi connectivity index (χ3v) is 2.34. The van der Waals surface area contributed by atoms with Gasteiger partial charge in [-0.2, -0.15) is 0 Å². The first-order valence-electron chi connectivity index (χ1n) is 5.06. The Morgan fingerprint density at radius 3 is 3.00 bits per heavy atom. The molecule has 16 heavy (non-hydrogen) atoms. The summed E-state index contributed by atoms with van der Waals surface area (Å²) in [7, 11) is 1.84. The summed E-state index contributed by atoms with van der Waals surface area (Å²) in [6.07, 6.45) is 1.58. The Morgan fingerprint density at radius 2 is 2.25 bits per heavy atom. The lowest BCUT2D eigenvalue weighted by Crippen LogP contribution is -2.04. The maximum atomic E-state index is 13.1. The summed E-state index contributed by atoms with van der Waals surface area (Å²) in [5.41, 5.74) is 2.45. The van der Waals surface area contributed by atoms with Gasteiger partial charge in [0.05, 0.1) is 5.69 Å². The highest BCUT2D eigenvalue weighted by Gasteiger charge is 2.09. The van der Waals surface area contributed by atoms with E-state index in [4.69, 9.17) is 4.42 Å². The predicted molar refractivity (Wildman–Crippen MR) is 59.4 cm³/mol. The van der Waals surface area contributed by atoms with E-state index in [-0.39, 0.29) is 5.82 Å². The molecule has 84 valence electrons. The summed E-state index contributed by atoms with van der Waals surface area (Å²) in [4.78, 5) is 4.28. The molecule has 1 heterocycles. The van der Waals surface area contributed by atoms with Crippen molar-refractivity contribution in [3.05, 3.63) is 41.5 Å². The molecule has 0 bridgehead atoms. The van der Waals surface area contributed by atoms with Gasteiger partial charge in [0.2, 0.25) is 5.89 Å². The molecule has 4 heteroatoms. The van der Waals surface area contributed by atoms with E-state index in [1.54, 1.807) is 12.3 Å². The van der Waals surface area contributed by atoms with Gasteiger partial charge < -0.3 is 9.73 Å². The molecule has 0 aliphatic heterocycles. The van der Waals surface area contributed by atoms with Crippen molar-refractivity contribution >= 4 is 0 Å². The summed E-state index contributed by atoms with van der Waals surface area (Å²) in [5, 5.41) is 2.98. The van der Waals surface area contributed by atoms with Crippen LogP contribution in [0.25, 0.3) is 11.5 Å². The van der Waals surface area contributed by atoms with Crippen LogP contribution in [-0.4, -0.2) is 12.0 Å². The molecule has 3 nitrogen and oxygen atoms in total. The second-order valence-electron chi connectivity index (χ2n) is 3.63. The van der Waals surface area contributed by atoms with E-state index < -0.39 is 0 Å². The molecule has 0 aliphatic rings. The smallest absolute Gasteiger partial charge is 0.226 e. The second kappa shape index (κ2) is 4.45. The molecular weight excluding hydrogens is 207 g/mol. The number of benzene rings is 1. The number of oxazole rings is 1. The van der Waals surface area contributed by atoms with E-state index in [1.165, 1.54) is 12.1 Å². The van der Waals surface area contributed by atoms with Gasteiger partial charge in [0.15, 0.2) is 0 Å². The molecule has 0 spiro atoms. The molecule has 1 N–H and O–H groups in total. The standard InChI is InChI=1S/C12H13FN2O/c1-8-3-4-9(13)5-11(8)12-15-10(6-14-2)7-16-12/h3-5,7,14H,6H2,1-2H3. The minimum atomic E-state index is -0.283. The van der Waals surface area contributed by atoms with Crippen LogP contribution in [0.5, 0.6) is 0 Å². The maximum absolute atomic E-state index is 13.1. The Bertz CT molecular complexity index is 494. The second-order valence-corrected chi connectivity index (χ2v) is 3.63. The summed E-state index contributed by atoms with van der Waals surface area (Å²) >= 11 is 0. The van der Waals surface area contributed by atoms with Gasteiger partial charge in [-0.25, -0.2) is 9.37 Å². The normalized spacial score (nSPS) is 10.7. The highest BCUT2D eigenvalue weighted by molar-refractivity contribution is 5.58. The lowest BCUT2D eigenvalue weighted by Gasteiger charge is -2.00. The van der Waals surface area contributed by atoms with Gasteiger partial charge in [0.1, 0.15) is 12.1 Å². The van der Waals surface area contributed by atoms with Crippen LogP contribution in [0, 0.1) is 12.7 Å². The van der Waals surface area contributed by atoms with Gasteiger partial charge >= 0.3 is 0 Å². The van der Waals surface area contributed by atoms with Crippen molar-refractivity contribution < 1.29 is 8.81 Å². The third kappa shape index (κ3) is 2.12. The summed E-state index contributed by atoms with van der Waals surface area (Å²) in [6.45, 7) is 2.54. The number of hydrogen-bond acceptors (Lipinski definition) is 3. The lowest BCUT2D eigenvalue weighted by molar-refractivity contribution is 0.569. The largest absolute Gasteiger partial charge is 0.444 e. The van der Waals surface area contributed by atoms with Gasteiger partial charge in [-0.3, -0.25) is 0 Å².